The number of carboxylic acids is 2. The van der Waals surface area contributed by atoms with Gasteiger partial charge in [-0.15, -0.1) is 0 Å². The summed E-state index contributed by atoms with van der Waals surface area (Å²) in [6.45, 7) is 0. The number of nitrogens with two attached hydrogens (primary N) is 2. The Hall–Kier alpha value is -4.96. The Balaban J connectivity index is 0.000000185. The number of carboxylic acid groups (broad SMARTS) is 2. The number of aromatic carboxylic acids is 2. The zero-order valence-electron chi connectivity index (χ0n) is 17.8. The first kappa shape index (κ1) is 25.3. The van der Waals surface area contributed by atoms with Gasteiger partial charge in [-0.05, 0) is 84.2 Å². The summed E-state index contributed by atoms with van der Waals surface area (Å²) in [6, 6.07) is 12.1. The number of carbonyl (C=O) groups is 2. The fourth-order valence-electron chi connectivity index (χ4n) is 2.46. The molecule has 0 saturated heterocycles. The van der Waals surface area contributed by atoms with E-state index in [4.69, 9.17) is 21.7 Å². The van der Waals surface area contributed by atoms with E-state index in [9.17, 15) is 19.7 Å². The van der Waals surface area contributed by atoms with Crippen LogP contribution in [0, 0.1) is 10.1 Å². The summed E-state index contributed by atoms with van der Waals surface area (Å²) in [5.74, 6) is -1.86. The average molecular weight is 462 g/mol. The van der Waals surface area contributed by atoms with Gasteiger partial charge in [-0.3, -0.25) is 0 Å². The first-order valence-electron chi connectivity index (χ1n) is 9.71. The number of hydrogen-bond acceptors (Lipinski definition) is 7. The zero-order chi connectivity index (χ0) is 25.1. The lowest BCUT2D eigenvalue weighted by molar-refractivity contribution is -0.403. The maximum Gasteiger partial charge on any atom is 0.335 e. The van der Waals surface area contributed by atoms with Crippen LogP contribution in [0.25, 0.3) is 0 Å². The van der Waals surface area contributed by atoms with Crippen molar-refractivity contribution in [2.45, 2.75) is 0 Å². The van der Waals surface area contributed by atoms with Crippen LogP contribution in [-0.4, -0.2) is 32.0 Å². The zero-order valence-corrected chi connectivity index (χ0v) is 17.8. The number of hydroxylamine groups is 2. The van der Waals surface area contributed by atoms with Crippen molar-refractivity contribution in [3.63, 3.8) is 0 Å². The largest absolute Gasteiger partial charge is 0.755 e. The Bertz CT molecular complexity index is 1100. The molecular formula is C24H22N4O6. The van der Waals surface area contributed by atoms with Gasteiger partial charge in [-0.1, -0.05) is 0 Å². The van der Waals surface area contributed by atoms with E-state index in [1.54, 1.807) is 48.6 Å². The number of hydrogen-bond donors (Lipinski definition) is 4. The Morgan fingerprint density at radius 1 is 0.706 bits per heavy atom. The van der Waals surface area contributed by atoms with Crippen LogP contribution in [0.15, 0.2) is 109 Å². The summed E-state index contributed by atoms with van der Waals surface area (Å²) in [4.78, 5) is 31.3. The third-order valence-corrected chi connectivity index (χ3v) is 4.25. The van der Waals surface area contributed by atoms with E-state index in [-0.39, 0.29) is 11.1 Å². The van der Waals surface area contributed by atoms with Crippen molar-refractivity contribution in [2.24, 2.45) is 0 Å². The quantitative estimate of drug-likeness (QED) is 0.381. The predicted octanol–water partition coefficient (Wildman–Crippen LogP) is 3.88. The standard InChI is InChI=1S/C10H8N2O2.2C7H7NO2/c13-11-5-1-9(2-6-11)10-3-7-12(14)8-4-10;2*8-6-3-1-5(2-4-6)7(9)10/h1-8H;2*1-4H,8H2,(H,9,10). The second-order valence-electron chi connectivity index (χ2n) is 6.75. The Kier molecular flexibility index (Phi) is 9.06. The van der Waals surface area contributed by atoms with Crippen LogP contribution in [0.4, 0.5) is 11.4 Å². The molecule has 10 nitrogen and oxygen atoms in total. The molecule has 4 rings (SSSR count). The van der Waals surface area contributed by atoms with Crippen molar-refractivity contribution in [1.82, 2.24) is 5.06 Å². The summed E-state index contributed by atoms with van der Waals surface area (Å²) in [6.07, 6.45) is 12.5. The van der Waals surface area contributed by atoms with Crippen LogP contribution < -0.4 is 11.5 Å². The van der Waals surface area contributed by atoms with E-state index in [0.717, 1.165) is 21.0 Å². The lowest BCUT2D eigenvalue weighted by Gasteiger charge is -2.23. The second-order valence-corrected chi connectivity index (χ2v) is 6.75. The number of anilines is 2. The van der Waals surface area contributed by atoms with Gasteiger partial charge in [0.1, 0.15) is 0 Å². The summed E-state index contributed by atoms with van der Waals surface area (Å²) >= 11 is 0. The minimum Gasteiger partial charge on any atom is -0.755 e. The van der Waals surface area contributed by atoms with Crippen LogP contribution in [-0.2, 0) is 0 Å². The highest BCUT2D eigenvalue weighted by atomic mass is 16.5. The molecular weight excluding hydrogens is 440 g/mol. The smallest absolute Gasteiger partial charge is 0.335 e. The van der Waals surface area contributed by atoms with Gasteiger partial charge in [0.05, 0.1) is 15.9 Å². The van der Waals surface area contributed by atoms with Crippen LogP contribution in [0.3, 0.4) is 0 Å². The Morgan fingerprint density at radius 3 is 1.41 bits per heavy atom. The number of nitrogens with zero attached hydrogens (tertiary/aromatic N) is 2. The Labute approximate surface area is 194 Å². The molecule has 0 fully saturated rings. The lowest BCUT2D eigenvalue weighted by atomic mass is 10.1. The fraction of sp³-hybridized carbons (Fsp3) is 0. The maximum absolute atomic E-state index is 10.8. The minimum absolute atomic E-state index is 0.259. The van der Waals surface area contributed by atoms with Crippen molar-refractivity contribution < 1.29 is 24.6 Å². The van der Waals surface area contributed by atoms with E-state index < -0.39 is 11.9 Å². The molecule has 2 aliphatic rings. The number of nitrogen functional groups attached to an aromatic ring is 2. The molecule has 2 aromatic carbocycles. The second kappa shape index (κ2) is 12.2. The summed E-state index contributed by atoms with van der Waals surface area (Å²) in [5.41, 5.74) is 14.2. The van der Waals surface area contributed by atoms with Crippen LogP contribution in [0.5, 0.6) is 0 Å². The lowest BCUT2D eigenvalue weighted by Crippen LogP contribution is -2.02. The average Bonchev–Trinajstić information content (AvgIpc) is 2.82. The van der Waals surface area contributed by atoms with E-state index in [1.165, 1.54) is 49.1 Å². The molecule has 2 heterocycles. The summed E-state index contributed by atoms with van der Waals surface area (Å²) in [7, 11) is 0. The predicted molar refractivity (Wildman–Crippen MR) is 128 cm³/mol. The van der Waals surface area contributed by atoms with Crippen LogP contribution in [0.1, 0.15) is 20.7 Å². The molecule has 0 aromatic heterocycles. The molecule has 0 spiro atoms. The highest BCUT2D eigenvalue weighted by Gasteiger charge is 2.07. The van der Waals surface area contributed by atoms with Crippen molar-refractivity contribution >= 4 is 23.3 Å². The number of allylic oxidation sites excluding steroid dienone is 6. The normalized spacial score (nSPS) is 13.6. The SMILES string of the molecule is Nc1ccc(C(=O)O)cc1.Nc1ccc(C(=O)O)cc1.O=[N+]1C=CC(=C2C=CN([O-])C=C2)C=C1. The molecule has 34 heavy (non-hydrogen) atoms. The third kappa shape index (κ3) is 8.29. The molecule has 0 unspecified atom stereocenters. The molecule has 0 bridgehead atoms. The molecule has 0 radical (unpaired) electrons. The number of benzene rings is 2. The molecule has 2 aromatic rings. The molecule has 6 N–H and O–H groups in total. The van der Waals surface area contributed by atoms with Crippen LogP contribution in [0.2, 0.25) is 0 Å². The van der Waals surface area contributed by atoms with Gasteiger partial charge in [0.2, 0.25) is 12.4 Å². The van der Waals surface area contributed by atoms with E-state index >= 15 is 0 Å². The Morgan fingerprint density at radius 2 is 1.06 bits per heavy atom. The maximum atomic E-state index is 10.8. The van der Waals surface area contributed by atoms with Gasteiger partial charge in [0.15, 0.2) is 0 Å². The summed E-state index contributed by atoms with van der Waals surface area (Å²) < 4.78 is 0.722. The molecule has 10 heteroatoms. The molecule has 0 saturated carbocycles. The number of nitroso groups, excluding NO2 is 1. The molecule has 2 aliphatic heterocycles. The fourth-order valence-corrected chi connectivity index (χ4v) is 2.46. The first-order chi connectivity index (χ1) is 16.2. The highest BCUT2D eigenvalue weighted by Crippen LogP contribution is 2.17. The van der Waals surface area contributed by atoms with E-state index in [1.807, 2.05) is 0 Å². The summed E-state index contributed by atoms with van der Waals surface area (Å²) in [5, 5.41) is 28.4. The van der Waals surface area contributed by atoms with Crippen molar-refractivity contribution in [3.8, 4) is 0 Å². The highest BCUT2D eigenvalue weighted by molar-refractivity contribution is 5.88. The monoisotopic (exact) mass is 462 g/mol. The third-order valence-electron chi connectivity index (χ3n) is 4.25. The molecule has 0 amide bonds. The first-order valence-corrected chi connectivity index (χ1v) is 9.71. The molecule has 0 atom stereocenters. The van der Waals surface area contributed by atoms with E-state index in [2.05, 4.69) is 0 Å². The number of rotatable bonds is 2. The van der Waals surface area contributed by atoms with Gasteiger partial charge >= 0.3 is 11.9 Å². The van der Waals surface area contributed by atoms with Gasteiger partial charge in [-0.2, -0.15) is 0 Å². The van der Waals surface area contributed by atoms with Gasteiger partial charge < -0.3 is 32.0 Å². The van der Waals surface area contributed by atoms with Crippen LogP contribution >= 0.6 is 0 Å². The minimum atomic E-state index is -0.931. The van der Waals surface area contributed by atoms with Gasteiger partial charge in [0, 0.05) is 28.4 Å². The van der Waals surface area contributed by atoms with E-state index in [0.29, 0.717) is 11.4 Å². The van der Waals surface area contributed by atoms with Crippen molar-refractivity contribution in [1.29, 1.82) is 0 Å². The van der Waals surface area contributed by atoms with Crippen molar-refractivity contribution in [2.75, 3.05) is 11.5 Å². The van der Waals surface area contributed by atoms with Crippen molar-refractivity contribution in [3.05, 3.63) is 130 Å². The van der Waals surface area contributed by atoms with Gasteiger partial charge in [-0.25, -0.2) is 9.59 Å². The molecule has 0 aliphatic carbocycles. The topological polar surface area (TPSA) is 173 Å². The molecule has 174 valence electrons. The van der Waals surface area contributed by atoms with Gasteiger partial charge in [0.25, 0.3) is 0 Å².